The Morgan fingerprint density at radius 2 is 1.32 bits per heavy atom. The third-order valence-corrected chi connectivity index (χ3v) is 14.4. The van der Waals surface area contributed by atoms with Gasteiger partial charge < -0.3 is 19.5 Å². The molecule has 18 nitrogen and oxygen atoms in total. The normalized spacial score (nSPS) is 20.2. The Balaban J connectivity index is 1.83. The lowest BCUT2D eigenvalue weighted by molar-refractivity contribution is -0.442. The van der Waals surface area contributed by atoms with Crippen molar-refractivity contribution in [2.75, 3.05) is 56.4 Å². The number of allylic oxidation sites excluding steroid dienone is 6. The van der Waals surface area contributed by atoms with Crippen molar-refractivity contribution in [3.8, 4) is 0 Å². The van der Waals surface area contributed by atoms with Crippen molar-refractivity contribution in [3.05, 3.63) is 83.6 Å². The maximum absolute atomic E-state index is 12.3. The van der Waals surface area contributed by atoms with E-state index in [2.05, 4.69) is 0 Å². The van der Waals surface area contributed by atoms with Gasteiger partial charge in [0.05, 0.1) is 39.9 Å². The van der Waals surface area contributed by atoms with Crippen molar-refractivity contribution < 1.29 is 75.8 Å². The molecule has 0 saturated carbocycles. The average molecular weight is 948 g/mol. The highest BCUT2D eigenvalue weighted by Crippen LogP contribution is 2.51. The van der Waals surface area contributed by atoms with Gasteiger partial charge in [-0.25, -0.2) is 0 Å². The number of ether oxygens (including phenoxy) is 2. The number of carboxylic acids is 1. The first-order chi connectivity index (χ1) is 28.8. The second-order valence-corrected chi connectivity index (χ2v) is 21.5. The molecule has 0 bridgehead atoms. The molecule has 0 aliphatic carbocycles. The van der Waals surface area contributed by atoms with Crippen molar-refractivity contribution in [1.29, 1.82) is 0 Å². The number of carboxylic acid groups (broad SMARTS) is 1. The van der Waals surface area contributed by atoms with Gasteiger partial charge in [-0.2, -0.15) is 38.2 Å². The second-order valence-electron chi connectivity index (χ2n) is 15.5. The van der Waals surface area contributed by atoms with Crippen LogP contribution in [0.5, 0.6) is 0 Å². The van der Waals surface area contributed by atoms with Crippen LogP contribution in [0.15, 0.2) is 82.3 Å². The molecule has 5 N–H and O–H groups in total. The highest BCUT2D eigenvalue weighted by molar-refractivity contribution is 7.86. The average Bonchev–Trinajstić information content (AvgIpc) is 3.52. The predicted octanol–water partition coefficient (Wildman–Crippen LogP) is 4.95. The van der Waals surface area contributed by atoms with Gasteiger partial charge in [0.15, 0.2) is 12.3 Å². The van der Waals surface area contributed by atoms with E-state index in [1.54, 1.807) is 56.4 Å². The summed E-state index contributed by atoms with van der Waals surface area (Å²) >= 11 is 0. The molecule has 4 rings (SSSR count). The van der Waals surface area contributed by atoms with Gasteiger partial charge >= 0.3 is 5.97 Å². The van der Waals surface area contributed by atoms with Gasteiger partial charge in [-0.3, -0.25) is 23.0 Å². The first kappa shape index (κ1) is 50.8. The first-order valence-corrected chi connectivity index (χ1v) is 25.8. The summed E-state index contributed by atoms with van der Waals surface area (Å²) < 4.78 is 148. The minimum atomic E-state index is -4.64. The fourth-order valence-electron chi connectivity index (χ4n) is 8.09. The first-order valence-electron chi connectivity index (χ1n) is 19.7. The lowest BCUT2D eigenvalue weighted by Gasteiger charge is -2.30. The van der Waals surface area contributed by atoms with Crippen molar-refractivity contribution in [2.45, 2.75) is 85.8 Å². The van der Waals surface area contributed by atoms with E-state index in [-0.39, 0.29) is 55.0 Å². The molecule has 2 heterocycles. The van der Waals surface area contributed by atoms with Crippen LogP contribution in [0.1, 0.15) is 76.3 Å². The molecule has 0 radical (unpaired) electrons. The van der Waals surface area contributed by atoms with Crippen molar-refractivity contribution in [2.24, 2.45) is 0 Å². The highest BCUT2D eigenvalue weighted by Gasteiger charge is 2.48. The number of carbonyl (C=O) groups is 1. The molecule has 22 heteroatoms. The van der Waals surface area contributed by atoms with E-state index < -0.39 is 68.8 Å². The third kappa shape index (κ3) is 13.3. The Labute approximate surface area is 363 Å². The van der Waals surface area contributed by atoms with Gasteiger partial charge in [0.25, 0.3) is 40.5 Å². The maximum Gasteiger partial charge on any atom is 0.303 e. The second kappa shape index (κ2) is 20.8. The molecule has 2 aromatic carbocycles. The topological polar surface area (TPSA) is 279 Å². The van der Waals surface area contributed by atoms with Gasteiger partial charge in [0.1, 0.15) is 6.61 Å². The molecule has 0 amide bonds. The van der Waals surface area contributed by atoms with Crippen LogP contribution in [-0.4, -0.2) is 125 Å². The summed E-state index contributed by atoms with van der Waals surface area (Å²) in [5.41, 5.74) is 1.29. The summed E-state index contributed by atoms with van der Waals surface area (Å²) in [5, 5.41) is 9.13. The van der Waals surface area contributed by atoms with Crippen LogP contribution in [0.2, 0.25) is 0 Å². The van der Waals surface area contributed by atoms with E-state index in [0.29, 0.717) is 72.9 Å². The minimum absolute atomic E-state index is 0.00943. The SMILES string of the molecule is COCCOCC[N+]1=C(/C=C/C=C/C=C2/N(CCCCCC(=O)O)c3ccc(S(=O)(=O)O)cc3C2(C)CCCS(=O)(=O)O)C(C)(CCCS(=O)(=O)O)c2cc(S(=O)(=O)O)ccc21. The highest BCUT2D eigenvalue weighted by atomic mass is 32.2. The number of hydrogen-bond donors (Lipinski definition) is 5. The number of hydrogen-bond acceptors (Lipinski definition) is 12. The van der Waals surface area contributed by atoms with Gasteiger partial charge in [0, 0.05) is 54.6 Å². The zero-order valence-corrected chi connectivity index (χ0v) is 38.0. The predicted molar refractivity (Wildman–Crippen MR) is 231 cm³/mol. The molecule has 2 unspecified atom stereocenters. The monoisotopic (exact) mass is 947 g/mol. The van der Waals surface area contributed by atoms with E-state index in [1.165, 1.54) is 31.4 Å². The molecular weight excluding hydrogens is 893 g/mol. The van der Waals surface area contributed by atoms with Crippen LogP contribution in [-0.2, 0) is 65.6 Å². The molecule has 2 aliphatic heterocycles. The summed E-state index contributed by atoms with van der Waals surface area (Å²) in [6, 6.07) is 8.26. The quantitative estimate of drug-likeness (QED) is 0.0381. The molecule has 344 valence electrons. The zero-order chi connectivity index (χ0) is 46.1. The van der Waals surface area contributed by atoms with Crippen molar-refractivity contribution in [3.63, 3.8) is 0 Å². The molecule has 2 atom stereocenters. The van der Waals surface area contributed by atoms with Crippen LogP contribution >= 0.6 is 0 Å². The number of nitrogens with zero attached hydrogens (tertiary/aromatic N) is 2. The van der Waals surface area contributed by atoms with Crippen LogP contribution < -0.4 is 4.90 Å². The Morgan fingerprint density at radius 3 is 1.90 bits per heavy atom. The molecule has 0 spiro atoms. The van der Waals surface area contributed by atoms with Crippen molar-refractivity contribution in [1.82, 2.24) is 0 Å². The number of rotatable bonds is 25. The molecule has 0 fully saturated rings. The fourth-order valence-corrected chi connectivity index (χ4v) is 10.1. The zero-order valence-electron chi connectivity index (χ0n) is 34.7. The van der Waals surface area contributed by atoms with Crippen LogP contribution in [0, 0.1) is 0 Å². The summed E-state index contributed by atoms with van der Waals surface area (Å²) in [7, 11) is -16.4. The van der Waals surface area contributed by atoms with Gasteiger partial charge in [-0.05, 0) is 94.3 Å². The molecular formula is C40H55N2O16S4+. The number of fused-ring (bicyclic) bond motifs is 2. The smallest absolute Gasteiger partial charge is 0.303 e. The Kier molecular flexibility index (Phi) is 17.0. The number of anilines is 1. The molecule has 0 saturated heterocycles. The Morgan fingerprint density at radius 1 is 0.726 bits per heavy atom. The van der Waals surface area contributed by atoms with Gasteiger partial charge in [-0.1, -0.05) is 24.6 Å². The van der Waals surface area contributed by atoms with E-state index >= 15 is 0 Å². The number of benzene rings is 2. The number of unbranched alkanes of at least 4 members (excludes halogenated alkanes) is 2. The maximum atomic E-state index is 12.3. The molecule has 2 aromatic rings. The van der Waals surface area contributed by atoms with Gasteiger partial charge in [0.2, 0.25) is 5.69 Å². The van der Waals surface area contributed by atoms with Crippen LogP contribution in [0.25, 0.3) is 0 Å². The lowest BCUT2D eigenvalue weighted by Crippen LogP contribution is -2.32. The lowest BCUT2D eigenvalue weighted by atomic mass is 9.76. The molecule has 0 aromatic heterocycles. The van der Waals surface area contributed by atoms with E-state index in [0.717, 1.165) is 0 Å². The Hall–Kier alpha value is -3.84. The summed E-state index contributed by atoms with van der Waals surface area (Å²) in [6.07, 6.45) is 10.3. The fraction of sp³-hybridized carbons (Fsp3) is 0.500. The number of aliphatic carboxylic acids is 1. The summed E-state index contributed by atoms with van der Waals surface area (Å²) in [6.45, 7) is 5.08. The summed E-state index contributed by atoms with van der Waals surface area (Å²) in [4.78, 5) is 12.3. The summed E-state index contributed by atoms with van der Waals surface area (Å²) in [5.74, 6) is -2.06. The van der Waals surface area contributed by atoms with Gasteiger partial charge in [-0.15, -0.1) is 0 Å². The van der Waals surface area contributed by atoms with Crippen LogP contribution in [0.4, 0.5) is 11.4 Å². The molecule has 62 heavy (non-hydrogen) atoms. The van der Waals surface area contributed by atoms with E-state index in [9.17, 15) is 56.7 Å². The Bertz CT molecular complexity index is 2550. The third-order valence-electron chi connectivity index (χ3n) is 11.1. The molecule has 2 aliphatic rings. The van der Waals surface area contributed by atoms with E-state index in [1.807, 2.05) is 9.48 Å². The van der Waals surface area contributed by atoms with Crippen molar-refractivity contribution >= 4 is 63.5 Å². The largest absolute Gasteiger partial charge is 0.481 e. The van der Waals surface area contributed by atoms with Crippen LogP contribution in [0.3, 0.4) is 0 Å². The standard InChI is InChI=1S/C40H54N2O16S4/c1-39(19-10-26-59(45,46)47)32-28-30(61(51,52)53)15-17-34(32)41(21-9-5-8-14-38(43)44)36(39)12-6-4-7-13-37-40(2,20-11-27-60(48,49)50)33-29-31(62(54,55)56)16-18-35(33)42(37)22-23-58-25-24-57-3/h4,6-7,12-13,15-18,28-29H,5,8-11,14,19-27H2,1-3H3,(H4-,43,44,45,46,47,48,49,50,51,52,53,54,55,56)/p+1. The minimum Gasteiger partial charge on any atom is -0.481 e. The number of methoxy groups -OCH3 is 1. The van der Waals surface area contributed by atoms with E-state index in [4.69, 9.17) is 14.6 Å².